The normalized spacial score (nSPS) is 11.5. The van der Waals surface area contributed by atoms with Gasteiger partial charge in [0.2, 0.25) is 0 Å². The number of hydrogen-bond acceptors (Lipinski definition) is 1. The Labute approximate surface area is 69.7 Å². The predicted octanol–water partition coefficient (Wildman–Crippen LogP) is 2.88. The summed E-state index contributed by atoms with van der Waals surface area (Å²) in [7, 11) is 0. The largest absolute Gasteiger partial charge is 0.384 e. The van der Waals surface area contributed by atoms with Crippen molar-refractivity contribution in [3.63, 3.8) is 0 Å². The van der Waals surface area contributed by atoms with Crippen LogP contribution in [0, 0.1) is 0 Å². The van der Waals surface area contributed by atoms with Gasteiger partial charge in [0, 0.05) is 0 Å². The molecule has 0 atom stereocenters. The molecular formula is C7H11ClF2O. The highest BCUT2D eigenvalue weighted by atomic mass is 35.5. The molecule has 11 heavy (non-hydrogen) atoms. The zero-order valence-electron chi connectivity index (χ0n) is 6.50. The van der Waals surface area contributed by atoms with Gasteiger partial charge >= 0.3 is 0 Å². The van der Waals surface area contributed by atoms with E-state index >= 15 is 0 Å². The van der Waals surface area contributed by atoms with Crippen LogP contribution in [-0.2, 0) is 0 Å². The number of aliphatic hydroxyl groups is 1. The lowest BCUT2D eigenvalue weighted by atomic mass is 9.97. The van der Waals surface area contributed by atoms with Gasteiger partial charge in [0.15, 0.2) is 0 Å². The Morgan fingerprint density at radius 3 is 1.82 bits per heavy atom. The summed E-state index contributed by atoms with van der Waals surface area (Å²) < 4.78 is 23.8. The van der Waals surface area contributed by atoms with Gasteiger partial charge < -0.3 is 5.11 Å². The van der Waals surface area contributed by atoms with Crippen molar-refractivity contribution >= 4 is 11.6 Å². The van der Waals surface area contributed by atoms with Gasteiger partial charge in [0.25, 0.3) is 6.08 Å². The standard InChI is InChI=1S/C7H11ClF2O/c1-3-7(11,4-2)5(8)6(9)10/h11H,3-4H2,1-2H3. The maximum atomic E-state index is 11.9. The van der Waals surface area contributed by atoms with Gasteiger partial charge in [0.05, 0.1) is 0 Å². The second kappa shape index (κ2) is 4.02. The molecule has 0 amide bonds. The number of halogens is 3. The summed E-state index contributed by atoms with van der Waals surface area (Å²) in [5.74, 6) is 0. The van der Waals surface area contributed by atoms with Crippen LogP contribution in [0.2, 0.25) is 0 Å². The average Bonchev–Trinajstić information content (AvgIpc) is 2.01. The first-order valence-corrected chi connectivity index (χ1v) is 3.79. The molecule has 0 aromatic rings. The number of hydrogen-bond donors (Lipinski definition) is 1. The molecule has 0 aliphatic carbocycles. The summed E-state index contributed by atoms with van der Waals surface area (Å²) >= 11 is 5.20. The van der Waals surface area contributed by atoms with Crippen molar-refractivity contribution in [2.24, 2.45) is 0 Å². The summed E-state index contributed by atoms with van der Waals surface area (Å²) in [6.07, 6.45) is -1.61. The number of rotatable bonds is 3. The summed E-state index contributed by atoms with van der Waals surface area (Å²) in [5.41, 5.74) is -1.54. The molecule has 0 aromatic heterocycles. The molecule has 0 bridgehead atoms. The monoisotopic (exact) mass is 184 g/mol. The molecule has 0 rings (SSSR count). The third kappa shape index (κ3) is 2.42. The fourth-order valence-corrected chi connectivity index (χ4v) is 1.00. The van der Waals surface area contributed by atoms with Crippen LogP contribution < -0.4 is 0 Å². The van der Waals surface area contributed by atoms with E-state index in [1.807, 2.05) is 0 Å². The van der Waals surface area contributed by atoms with E-state index in [1.54, 1.807) is 13.8 Å². The first kappa shape index (κ1) is 10.8. The van der Waals surface area contributed by atoms with E-state index in [4.69, 9.17) is 11.6 Å². The van der Waals surface area contributed by atoms with E-state index in [0.29, 0.717) is 0 Å². The molecule has 66 valence electrons. The van der Waals surface area contributed by atoms with Crippen molar-refractivity contribution in [1.82, 2.24) is 0 Å². The molecule has 0 aliphatic rings. The van der Waals surface area contributed by atoms with Crippen molar-refractivity contribution < 1.29 is 13.9 Å². The average molecular weight is 185 g/mol. The molecule has 0 spiro atoms. The van der Waals surface area contributed by atoms with Crippen molar-refractivity contribution in [2.45, 2.75) is 32.3 Å². The Balaban J connectivity index is 4.64. The SMILES string of the molecule is CCC(O)(CC)C(Cl)=C(F)F. The maximum absolute atomic E-state index is 11.9. The van der Waals surface area contributed by atoms with Crippen LogP contribution in [0.15, 0.2) is 11.1 Å². The first-order valence-electron chi connectivity index (χ1n) is 3.41. The fraction of sp³-hybridized carbons (Fsp3) is 0.714. The van der Waals surface area contributed by atoms with Gasteiger partial charge in [-0.1, -0.05) is 25.4 Å². The first-order chi connectivity index (χ1) is 4.98. The lowest BCUT2D eigenvalue weighted by Crippen LogP contribution is -2.27. The molecule has 1 nitrogen and oxygen atoms in total. The van der Waals surface area contributed by atoms with Gasteiger partial charge in [-0.3, -0.25) is 0 Å². The predicted molar refractivity (Wildman–Crippen MR) is 40.6 cm³/mol. The Morgan fingerprint density at radius 1 is 1.36 bits per heavy atom. The quantitative estimate of drug-likeness (QED) is 0.715. The van der Waals surface area contributed by atoms with Crippen molar-refractivity contribution in [3.05, 3.63) is 11.1 Å². The van der Waals surface area contributed by atoms with Crippen LogP contribution in [0.25, 0.3) is 0 Å². The highest BCUT2D eigenvalue weighted by Crippen LogP contribution is 2.31. The summed E-state index contributed by atoms with van der Waals surface area (Å²) in [6, 6.07) is 0. The minimum absolute atomic E-state index is 0.194. The Hall–Kier alpha value is -0.150. The second-order valence-electron chi connectivity index (χ2n) is 2.31. The van der Waals surface area contributed by atoms with Gasteiger partial charge in [-0.05, 0) is 12.8 Å². The molecule has 4 heteroatoms. The van der Waals surface area contributed by atoms with E-state index in [0.717, 1.165) is 0 Å². The Kier molecular flexibility index (Phi) is 3.97. The summed E-state index contributed by atoms with van der Waals surface area (Å²) in [6.45, 7) is 3.21. The third-order valence-corrected chi connectivity index (χ3v) is 2.24. The van der Waals surface area contributed by atoms with Gasteiger partial charge in [0.1, 0.15) is 10.6 Å². The van der Waals surface area contributed by atoms with E-state index in [-0.39, 0.29) is 12.8 Å². The van der Waals surface area contributed by atoms with Crippen molar-refractivity contribution in [2.75, 3.05) is 0 Å². The fourth-order valence-electron chi connectivity index (χ4n) is 0.736. The molecule has 0 aliphatic heterocycles. The van der Waals surface area contributed by atoms with Crippen LogP contribution in [0.1, 0.15) is 26.7 Å². The van der Waals surface area contributed by atoms with E-state index in [1.165, 1.54) is 0 Å². The zero-order chi connectivity index (χ0) is 9.07. The lowest BCUT2D eigenvalue weighted by Gasteiger charge is -2.23. The second-order valence-corrected chi connectivity index (χ2v) is 2.69. The van der Waals surface area contributed by atoms with E-state index in [2.05, 4.69) is 0 Å². The summed E-state index contributed by atoms with van der Waals surface area (Å²) in [5, 5.41) is 8.66. The zero-order valence-corrected chi connectivity index (χ0v) is 7.25. The van der Waals surface area contributed by atoms with Crippen LogP contribution in [-0.4, -0.2) is 10.7 Å². The smallest absolute Gasteiger partial charge is 0.287 e. The van der Waals surface area contributed by atoms with Gasteiger partial charge in [-0.15, -0.1) is 0 Å². The van der Waals surface area contributed by atoms with Crippen LogP contribution in [0.4, 0.5) is 8.78 Å². The third-order valence-electron chi connectivity index (χ3n) is 1.74. The molecule has 0 radical (unpaired) electrons. The maximum Gasteiger partial charge on any atom is 0.287 e. The highest BCUT2D eigenvalue weighted by Gasteiger charge is 2.29. The topological polar surface area (TPSA) is 20.2 Å². The van der Waals surface area contributed by atoms with E-state index < -0.39 is 16.7 Å². The molecule has 0 heterocycles. The molecule has 0 fully saturated rings. The molecule has 0 unspecified atom stereocenters. The molecule has 1 N–H and O–H groups in total. The Bertz CT molecular complexity index is 160. The van der Waals surface area contributed by atoms with Gasteiger partial charge in [-0.25, -0.2) is 0 Å². The van der Waals surface area contributed by atoms with Crippen LogP contribution in [0.5, 0.6) is 0 Å². The minimum atomic E-state index is -2.00. The Morgan fingerprint density at radius 2 is 1.73 bits per heavy atom. The molecule has 0 aromatic carbocycles. The molecular weight excluding hydrogens is 174 g/mol. The van der Waals surface area contributed by atoms with Crippen molar-refractivity contribution in [1.29, 1.82) is 0 Å². The van der Waals surface area contributed by atoms with Crippen molar-refractivity contribution in [3.8, 4) is 0 Å². The minimum Gasteiger partial charge on any atom is -0.384 e. The van der Waals surface area contributed by atoms with E-state index in [9.17, 15) is 13.9 Å². The molecule has 0 saturated heterocycles. The van der Waals surface area contributed by atoms with Gasteiger partial charge in [-0.2, -0.15) is 8.78 Å². The molecule has 0 saturated carbocycles. The lowest BCUT2D eigenvalue weighted by molar-refractivity contribution is 0.0727. The summed E-state index contributed by atoms with van der Waals surface area (Å²) in [4.78, 5) is 0. The van der Waals surface area contributed by atoms with Crippen LogP contribution in [0.3, 0.4) is 0 Å². The highest BCUT2D eigenvalue weighted by molar-refractivity contribution is 6.30. The van der Waals surface area contributed by atoms with Crippen LogP contribution >= 0.6 is 11.6 Å².